The molecule has 0 radical (unpaired) electrons. The highest BCUT2D eigenvalue weighted by Crippen LogP contribution is 2.37. The molecule has 2 atom stereocenters. The minimum absolute atomic E-state index is 0.0514. The fourth-order valence-corrected chi connectivity index (χ4v) is 4.03. The van der Waals surface area contributed by atoms with Crippen LogP contribution in [0.1, 0.15) is 88.1 Å². The molecule has 1 N–H and O–H groups in total. The predicted octanol–water partition coefficient (Wildman–Crippen LogP) is 4.11. The highest BCUT2D eigenvalue weighted by atomic mass is 16.1. The molecule has 3 nitrogen and oxygen atoms in total. The van der Waals surface area contributed by atoms with Crippen LogP contribution in [0.25, 0.3) is 0 Å². The van der Waals surface area contributed by atoms with Gasteiger partial charge in [-0.3, -0.25) is 4.79 Å². The Hall–Kier alpha value is -1.12. The Bertz CT molecular complexity index is 502. The smallest absolute Gasteiger partial charge is 0.251 e. The van der Waals surface area contributed by atoms with Gasteiger partial charge in [-0.2, -0.15) is 0 Å². The van der Waals surface area contributed by atoms with E-state index in [4.69, 9.17) is 4.98 Å². The van der Waals surface area contributed by atoms with E-state index in [1.165, 1.54) is 57.8 Å². The molecule has 0 spiro atoms. The standard InChI is InChI=1S/C17H26N2O/c1-2-12-6-5-9-14(10-12)17-18-15(11-16(20)19-17)13-7-3-4-8-13/h11-14H,2-10H2,1H3,(H,18,19,20). The molecule has 0 aromatic carbocycles. The number of aromatic amines is 1. The summed E-state index contributed by atoms with van der Waals surface area (Å²) < 4.78 is 0. The molecule has 0 aliphatic heterocycles. The number of hydrogen-bond acceptors (Lipinski definition) is 2. The summed E-state index contributed by atoms with van der Waals surface area (Å²) in [6.07, 6.45) is 11.3. The summed E-state index contributed by atoms with van der Waals surface area (Å²) >= 11 is 0. The van der Waals surface area contributed by atoms with Gasteiger partial charge in [0.2, 0.25) is 0 Å². The fourth-order valence-electron chi connectivity index (χ4n) is 4.03. The molecule has 1 heterocycles. The molecule has 2 aliphatic carbocycles. The molecular weight excluding hydrogens is 248 g/mol. The van der Waals surface area contributed by atoms with Gasteiger partial charge in [0.25, 0.3) is 5.56 Å². The quantitative estimate of drug-likeness (QED) is 0.901. The first-order valence-electron chi connectivity index (χ1n) is 8.37. The summed E-state index contributed by atoms with van der Waals surface area (Å²) in [4.78, 5) is 19.8. The van der Waals surface area contributed by atoms with Crippen molar-refractivity contribution in [2.24, 2.45) is 5.92 Å². The second-order valence-corrected chi connectivity index (χ2v) is 6.67. The van der Waals surface area contributed by atoms with Crippen LogP contribution in [-0.2, 0) is 0 Å². The Morgan fingerprint density at radius 1 is 1.15 bits per heavy atom. The number of rotatable bonds is 3. The molecule has 0 bridgehead atoms. The second-order valence-electron chi connectivity index (χ2n) is 6.67. The Morgan fingerprint density at radius 2 is 1.90 bits per heavy atom. The van der Waals surface area contributed by atoms with Gasteiger partial charge >= 0.3 is 0 Å². The van der Waals surface area contributed by atoms with Crippen LogP contribution in [0.15, 0.2) is 10.9 Å². The number of nitrogens with one attached hydrogen (secondary N) is 1. The Kier molecular flexibility index (Phi) is 4.23. The highest BCUT2D eigenvalue weighted by Gasteiger charge is 2.25. The first-order valence-corrected chi connectivity index (χ1v) is 8.37. The van der Waals surface area contributed by atoms with E-state index in [1.807, 2.05) is 0 Å². The summed E-state index contributed by atoms with van der Waals surface area (Å²) in [5, 5.41) is 0. The third-order valence-corrected chi connectivity index (χ3v) is 5.30. The summed E-state index contributed by atoms with van der Waals surface area (Å²) in [6.45, 7) is 2.28. The third kappa shape index (κ3) is 2.97. The molecule has 2 saturated carbocycles. The summed E-state index contributed by atoms with van der Waals surface area (Å²) in [7, 11) is 0. The Labute approximate surface area is 121 Å². The van der Waals surface area contributed by atoms with Crippen LogP contribution >= 0.6 is 0 Å². The zero-order valence-corrected chi connectivity index (χ0v) is 12.5. The molecular formula is C17H26N2O. The lowest BCUT2D eigenvalue weighted by molar-refractivity contribution is 0.306. The van der Waals surface area contributed by atoms with Gasteiger partial charge in [-0.15, -0.1) is 0 Å². The molecule has 110 valence electrons. The van der Waals surface area contributed by atoms with Gasteiger partial charge in [0.05, 0.1) is 5.69 Å². The molecule has 3 heteroatoms. The van der Waals surface area contributed by atoms with E-state index >= 15 is 0 Å². The van der Waals surface area contributed by atoms with Crippen molar-refractivity contribution in [3.8, 4) is 0 Å². The fraction of sp³-hybridized carbons (Fsp3) is 0.765. The monoisotopic (exact) mass is 274 g/mol. The van der Waals surface area contributed by atoms with Gasteiger partial charge in [-0.1, -0.05) is 39.0 Å². The van der Waals surface area contributed by atoms with Crippen LogP contribution in [0, 0.1) is 5.92 Å². The molecule has 3 rings (SSSR count). The van der Waals surface area contributed by atoms with Gasteiger partial charge in [0.1, 0.15) is 5.82 Å². The maximum Gasteiger partial charge on any atom is 0.251 e. The van der Waals surface area contributed by atoms with Crippen molar-refractivity contribution in [3.05, 3.63) is 27.9 Å². The van der Waals surface area contributed by atoms with E-state index in [9.17, 15) is 4.79 Å². The zero-order valence-electron chi connectivity index (χ0n) is 12.5. The average molecular weight is 274 g/mol. The lowest BCUT2D eigenvalue weighted by Gasteiger charge is -2.28. The third-order valence-electron chi connectivity index (χ3n) is 5.30. The highest BCUT2D eigenvalue weighted by molar-refractivity contribution is 5.12. The van der Waals surface area contributed by atoms with Crippen LogP contribution < -0.4 is 5.56 Å². The molecule has 0 amide bonds. The van der Waals surface area contributed by atoms with Gasteiger partial charge in [-0.05, 0) is 31.6 Å². The summed E-state index contributed by atoms with van der Waals surface area (Å²) in [5.41, 5.74) is 1.11. The first kappa shape index (κ1) is 13.8. The summed E-state index contributed by atoms with van der Waals surface area (Å²) in [6, 6.07) is 1.74. The maximum absolute atomic E-state index is 12.0. The average Bonchev–Trinajstić information content (AvgIpc) is 3.01. The van der Waals surface area contributed by atoms with Crippen LogP contribution in [0.2, 0.25) is 0 Å². The maximum atomic E-state index is 12.0. The summed E-state index contributed by atoms with van der Waals surface area (Å²) in [5.74, 6) is 2.79. The van der Waals surface area contributed by atoms with E-state index in [0.717, 1.165) is 17.4 Å². The second kappa shape index (κ2) is 6.11. The van der Waals surface area contributed by atoms with Crippen LogP contribution in [0.3, 0.4) is 0 Å². The molecule has 2 aliphatic rings. The molecule has 20 heavy (non-hydrogen) atoms. The van der Waals surface area contributed by atoms with Crippen molar-refractivity contribution in [2.45, 2.75) is 76.5 Å². The molecule has 0 saturated heterocycles. The molecule has 1 aromatic heterocycles. The van der Waals surface area contributed by atoms with Gasteiger partial charge in [0.15, 0.2) is 0 Å². The topological polar surface area (TPSA) is 45.8 Å². The Morgan fingerprint density at radius 3 is 2.65 bits per heavy atom. The van der Waals surface area contributed by atoms with Crippen molar-refractivity contribution in [3.63, 3.8) is 0 Å². The van der Waals surface area contributed by atoms with Crippen molar-refractivity contribution in [1.29, 1.82) is 0 Å². The minimum Gasteiger partial charge on any atom is -0.310 e. The van der Waals surface area contributed by atoms with Gasteiger partial charge in [-0.25, -0.2) is 4.98 Å². The predicted molar refractivity (Wildman–Crippen MR) is 81.1 cm³/mol. The minimum atomic E-state index is 0.0514. The lowest BCUT2D eigenvalue weighted by Crippen LogP contribution is -2.21. The van der Waals surface area contributed by atoms with Crippen molar-refractivity contribution in [1.82, 2.24) is 9.97 Å². The lowest BCUT2D eigenvalue weighted by atomic mass is 9.80. The SMILES string of the molecule is CCC1CCCC(c2nc(C3CCCC3)cc(=O)[nH]2)C1. The van der Waals surface area contributed by atoms with Gasteiger partial charge < -0.3 is 4.98 Å². The number of nitrogens with zero attached hydrogens (tertiary/aromatic N) is 1. The number of H-pyrrole nitrogens is 1. The van der Waals surface area contributed by atoms with Crippen molar-refractivity contribution >= 4 is 0 Å². The van der Waals surface area contributed by atoms with Crippen LogP contribution in [0.4, 0.5) is 0 Å². The van der Waals surface area contributed by atoms with E-state index in [-0.39, 0.29) is 5.56 Å². The largest absolute Gasteiger partial charge is 0.310 e. The molecule has 2 fully saturated rings. The number of aromatic nitrogens is 2. The molecule has 1 aromatic rings. The zero-order chi connectivity index (χ0) is 13.9. The normalized spacial score (nSPS) is 27.9. The van der Waals surface area contributed by atoms with E-state index in [0.29, 0.717) is 11.8 Å². The van der Waals surface area contributed by atoms with Crippen molar-refractivity contribution < 1.29 is 0 Å². The van der Waals surface area contributed by atoms with E-state index < -0.39 is 0 Å². The van der Waals surface area contributed by atoms with E-state index in [2.05, 4.69) is 11.9 Å². The molecule has 2 unspecified atom stereocenters. The first-order chi connectivity index (χ1) is 9.76. The van der Waals surface area contributed by atoms with Crippen LogP contribution in [0.5, 0.6) is 0 Å². The number of hydrogen-bond donors (Lipinski definition) is 1. The van der Waals surface area contributed by atoms with Crippen molar-refractivity contribution in [2.75, 3.05) is 0 Å². The Balaban J connectivity index is 1.83. The van der Waals surface area contributed by atoms with Gasteiger partial charge in [0, 0.05) is 17.9 Å². The van der Waals surface area contributed by atoms with E-state index in [1.54, 1.807) is 6.07 Å². The van der Waals surface area contributed by atoms with Crippen LogP contribution in [-0.4, -0.2) is 9.97 Å².